The van der Waals surface area contributed by atoms with Crippen molar-refractivity contribution in [2.24, 2.45) is 11.8 Å². The fraction of sp³-hybridized carbons (Fsp3) is 0.750. The van der Waals surface area contributed by atoms with E-state index in [4.69, 9.17) is 0 Å². The Hall–Kier alpha value is -1.04. The summed E-state index contributed by atoms with van der Waals surface area (Å²) in [5.74, 6) is 1.37. The molecular formula is C32H62. The second-order valence-corrected chi connectivity index (χ2v) is 8.85. The molecule has 2 aliphatic rings. The first-order valence-corrected chi connectivity index (χ1v) is 13.7. The predicted molar refractivity (Wildman–Crippen MR) is 154 cm³/mol. The van der Waals surface area contributed by atoms with Crippen molar-refractivity contribution in [3.63, 3.8) is 0 Å². The van der Waals surface area contributed by atoms with Gasteiger partial charge in [0.05, 0.1) is 0 Å². The van der Waals surface area contributed by atoms with Crippen molar-refractivity contribution in [2.75, 3.05) is 0 Å². The average molecular weight is 447 g/mol. The first-order chi connectivity index (χ1) is 15.0. The third-order valence-electron chi connectivity index (χ3n) is 6.38. The molecule has 0 aliphatic heterocycles. The molecule has 1 fully saturated rings. The van der Waals surface area contributed by atoms with Gasteiger partial charge in [-0.15, -0.1) is 0 Å². The Kier molecular flexibility index (Phi) is 29.1. The molecule has 0 N–H and O–H groups in total. The first-order valence-electron chi connectivity index (χ1n) is 13.7. The van der Waals surface area contributed by atoms with E-state index in [0.717, 1.165) is 12.3 Å². The second kappa shape index (κ2) is 26.2. The van der Waals surface area contributed by atoms with Crippen LogP contribution >= 0.6 is 0 Å². The molecule has 2 rings (SSSR count). The number of allylic oxidation sites excluding steroid dienone is 7. The Bertz CT molecular complexity index is 471. The fourth-order valence-corrected chi connectivity index (χ4v) is 4.07. The van der Waals surface area contributed by atoms with Crippen LogP contribution in [0.5, 0.6) is 0 Å². The summed E-state index contributed by atoms with van der Waals surface area (Å²) in [7, 11) is 0. The van der Waals surface area contributed by atoms with Crippen LogP contribution in [-0.2, 0) is 0 Å². The van der Waals surface area contributed by atoms with E-state index in [1.165, 1.54) is 93.8 Å². The molecule has 0 spiro atoms. The monoisotopic (exact) mass is 446 g/mol. The maximum Gasteiger partial charge on any atom is -0.00966 e. The highest BCUT2D eigenvalue weighted by atomic mass is 14.3. The molecule has 190 valence electrons. The summed E-state index contributed by atoms with van der Waals surface area (Å²) in [6, 6.07) is 0. The van der Waals surface area contributed by atoms with Gasteiger partial charge in [-0.25, -0.2) is 0 Å². The van der Waals surface area contributed by atoms with Crippen molar-refractivity contribution in [1.82, 2.24) is 0 Å². The van der Waals surface area contributed by atoms with Crippen molar-refractivity contribution in [1.29, 1.82) is 0 Å². The molecule has 0 radical (unpaired) electrons. The van der Waals surface area contributed by atoms with Gasteiger partial charge in [0.1, 0.15) is 0 Å². The van der Waals surface area contributed by atoms with Crippen molar-refractivity contribution in [3.8, 4) is 0 Å². The topological polar surface area (TPSA) is 0 Å². The van der Waals surface area contributed by atoms with Gasteiger partial charge in [-0.1, -0.05) is 156 Å². The Morgan fingerprint density at radius 3 is 1.75 bits per heavy atom. The zero-order chi connectivity index (χ0) is 23.9. The minimum atomic E-state index is 0. The summed E-state index contributed by atoms with van der Waals surface area (Å²) in [6.07, 6.45) is 26.8. The zero-order valence-corrected chi connectivity index (χ0v) is 22.9. The highest BCUT2D eigenvalue weighted by Crippen LogP contribution is 2.36. The van der Waals surface area contributed by atoms with Gasteiger partial charge in [-0.05, 0) is 49.7 Å². The molecule has 2 atom stereocenters. The maximum absolute atomic E-state index is 4.43. The van der Waals surface area contributed by atoms with Crippen LogP contribution in [0.15, 0.2) is 47.6 Å². The molecule has 0 heteroatoms. The predicted octanol–water partition coefficient (Wildman–Crippen LogP) is 12.0. The average Bonchev–Trinajstić information content (AvgIpc) is 3.38. The van der Waals surface area contributed by atoms with Gasteiger partial charge in [-0.2, -0.15) is 0 Å². The molecule has 1 saturated carbocycles. The van der Waals surface area contributed by atoms with E-state index in [1.807, 2.05) is 13.8 Å². The van der Waals surface area contributed by atoms with Gasteiger partial charge in [0.15, 0.2) is 0 Å². The Morgan fingerprint density at radius 1 is 0.938 bits per heavy atom. The van der Waals surface area contributed by atoms with E-state index >= 15 is 0 Å². The number of rotatable bonds is 9. The van der Waals surface area contributed by atoms with Crippen LogP contribution in [0, 0.1) is 11.8 Å². The molecule has 0 aromatic rings. The van der Waals surface area contributed by atoms with Crippen LogP contribution in [0.4, 0.5) is 0 Å². The molecule has 1 unspecified atom stereocenters. The summed E-state index contributed by atoms with van der Waals surface area (Å²) < 4.78 is 0. The van der Waals surface area contributed by atoms with Crippen LogP contribution < -0.4 is 0 Å². The van der Waals surface area contributed by atoms with Crippen molar-refractivity contribution in [3.05, 3.63) is 47.6 Å². The summed E-state index contributed by atoms with van der Waals surface area (Å²) in [5, 5.41) is 0. The third kappa shape index (κ3) is 17.5. The molecule has 0 amide bonds. The molecular weight excluding hydrogens is 384 g/mol. The smallest absolute Gasteiger partial charge is 0.00966 e. The largest absolute Gasteiger partial charge is 0.0949 e. The summed E-state index contributed by atoms with van der Waals surface area (Å²) >= 11 is 0. The number of unbranched alkanes of at least 4 members (excludes halogenated alkanes) is 1. The van der Waals surface area contributed by atoms with Crippen molar-refractivity contribution >= 4 is 0 Å². The lowest BCUT2D eigenvalue weighted by Gasteiger charge is -2.29. The van der Waals surface area contributed by atoms with Gasteiger partial charge in [0.25, 0.3) is 0 Å². The van der Waals surface area contributed by atoms with Gasteiger partial charge >= 0.3 is 0 Å². The van der Waals surface area contributed by atoms with Crippen LogP contribution in [0.1, 0.15) is 146 Å². The normalized spacial score (nSPS) is 16.5. The SMILES string of the molecule is C.C1CCCCC1.C=C(C1=CCC=C1)[C@@H](C/C(C)=C/C)C(CC)CCC.CC.CCCC. The maximum atomic E-state index is 4.43. The van der Waals surface area contributed by atoms with Gasteiger partial charge in [0.2, 0.25) is 0 Å². The fourth-order valence-electron chi connectivity index (χ4n) is 4.07. The summed E-state index contributed by atoms with van der Waals surface area (Å²) in [4.78, 5) is 0. The second-order valence-electron chi connectivity index (χ2n) is 8.85. The molecule has 0 saturated heterocycles. The lowest BCUT2D eigenvalue weighted by Crippen LogP contribution is -2.17. The quantitative estimate of drug-likeness (QED) is 0.309. The molecule has 0 heterocycles. The summed E-state index contributed by atoms with van der Waals surface area (Å²) in [5.41, 5.74) is 4.22. The van der Waals surface area contributed by atoms with Crippen LogP contribution in [0.2, 0.25) is 0 Å². The van der Waals surface area contributed by atoms with E-state index in [1.54, 1.807) is 0 Å². The van der Waals surface area contributed by atoms with E-state index in [-0.39, 0.29) is 7.43 Å². The minimum Gasteiger partial charge on any atom is -0.0949 e. The molecule has 0 aromatic carbocycles. The van der Waals surface area contributed by atoms with E-state index in [2.05, 4.69) is 72.4 Å². The minimum absolute atomic E-state index is 0. The Balaban J connectivity index is -0.000000532. The van der Waals surface area contributed by atoms with Crippen molar-refractivity contribution in [2.45, 2.75) is 146 Å². The molecule has 32 heavy (non-hydrogen) atoms. The number of hydrogen-bond acceptors (Lipinski definition) is 0. The van der Waals surface area contributed by atoms with E-state index in [9.17, 15) is 0 Å². The first kappa shape index (κ1) is 35.5. The molecule has 0 aromatic heterocycles. The van der Waals surface area contributed by atoms with E-state index in [0.29, 0.717) is 5.92 Å². The van der Waals surface area contributed by atoms with Crippen molar-refractivity contribution < 1.29 is 0 Å². The molecule has 2 aliphatic carbocycles. The third-order valence-corrected chi connectivity index (χ3v) is 6.38. The lowest BCUT2D eigenvalue weighted by atomic mass is 9.76. The highest BCUT2D eigenvalue weighted by Gasteiger charge is 2.24. The molecule has 0 bridgehead atoms. The van der Waals surface area contributed by atoms with Crippen LogP contribution in [-0.4, -0.2) is 0 Å². The zero-order valence-electron chi connectivity index (χ0n) is 22.9. The Morgan fingerprint density at radius 2 is 1.44 bits per heavy atom. The van der Waals surface area contributed by atoms with Gasteiger partial charge < -0.3 is 0 Å². The lowest BCUT2D eigenvalue weighted by molar-refractivity contribution is 0.341. The summed E-state index contributed by atoms with van der Waals surface area (Å²) in [6.45, 7) is 21.8. The highest BCUT2D eigenvalue weighted by molar-refractivity contribution is 5.43. The number of hydrogen-bond donors (Lipinski definition) is 0. The Labute approximate surface area is 205 Å². The molecule has 0 nitrogen and oxygen atoms in total. The van der Waals surface area contributed by atoms with E-state index < -0.39 is 0 Å². The van der Waals surface area contributed by atoms with Gasteiger partial charge in [-0.3, -0.25) is 0 Å². The standard InChI is InChI=1S/C19H30.C6H12.C4H10.C2H6.CH4/c1-6-11-17(8-3)19(14-15(4)7-2)16(5)18-12-9-10-13-18;1-2-4-6-5-3-1;1-3-4-2;1-2;/h7,9,12-13,17,19H,5-6,8,10-11,14H2,1-4H3;1-6H2;3-4H2,1-2H3;1-2H3;1H4/b15-7+;;;;/t17?,19-;;;;/m1..../s1. The van der Waals surface area contributed by atoms with Gasteiger partial charge in [0, 0.05) is 0 Å². The van der Waals surface area contributed by atoms with Crippen LogP contribution in [0.25, 0.3) is 0 Å². The van der Waals surface area contributed by atoms with Crippen LogP contribution in [0.3, 0.4) is 0 Å².